The van der Waals surface area contributed by atoms with E-state index >= 15 is 0 Å². The van der Waals surface area contributed by atoms with Crippen molar-refractivity contribution in [3.8, 4) is 5.75 Å². The lowest BCUT2D eigenvalue weighted by Gasteiger charge is -2.32. The van der Waals surface area contributed by atoms with Crippen LogP contribution in [0.1, 0.15) is 41.7 Å². The molecular weight excluding hydrogens is 318 g/mol. The zero-order chi connectivity index (χ0) is 17.6. The molecule has 1 aliphatic rings. The van der Waals surface area contributed by atoms with Gasteiger partial charge in [-0.05, 0) is 38.0 Å². The smallest absolute Gasteiger partial charge is 0.257 e. The van der Waals surface area contributed by atoms with E-state index in [1.165, 1.54) is 0 Å². The van der Waals surface area contributed by atoms with Crippen LogP contribution in [0.25, 0.3) is 0 Å². The lowest BCUT2D eigenvalue weighted by Crippen LogP contribution is -2.38. The maximum atomic E-state index is 12.9. The Bertz CT molecular complexity index is 705. The van der Waals surface area contributed by atoms with Gasteiger partial charge in [0.15, 0.2) is 0 Å². The largest absolute Gasteiger partial charge is 0.493 e. The fourth-order valence-corrected chi connectivity index (χ4v) is 3.44. The highest BCUT2D eigenvalue weighted by molar-refractivity contribution is 5.97. The summed E-state index contributed by atoms with van der Waals surface area (Å²) in [6, 6.07) is 9.45. The number of hydrogen-bond donors (Lipinski definition) is 1. The number of carbonyl (C=O) groups is 1. The summed E-state index contributed by atoms with van der Waals surface area (Å²) >= 11 is 0. The van der Waals surface area contributed by atoms with Gasteiger partial charge in [0.1, 0.15) is 5.75 Å². The molecule has 0 atom stereocenters. The van der Waals surface area contributed by atoms with Crippen LogP contribution in [0.3, 0.4) is 0 Å². The average Bonchev–Trinajstić information content (AvgIpc) is 3.11. The number of rotatable bonds is 6. The minimum atomic E-state index is 0.0337. The molecule has 1 N–H and O–H groups in total. The zero-order valence-corrected chi connectivity index (χ0v) is 14.6. The van der Waals surface area contributed by atoms with E-state index in [0.717, 1.165) is 18.5 Å². The molecule has 2 aromatic rings. The Hall–Kier alpha value is -2.34. The van der Waals surface area contributed by atoms with Crippen LogP contribution in [0.5, 0.6) is 5.75 Å². The Labute approximate surface area is 148 Å². The third kappa shape index (κ3) is 3.85. The molecule has 1 aliphatic heterocycles. The number of carbonyl (C=O) groups excluding carboxylic acids is 1. The van der Waals surface area contributed by atoms with Gasteiger partial charge in [-0.2, -0.15) is 5.10 Å². The number of likely N-dealkylation sites (tertiary alicyclic amines) is 1. The quantitative estimate of drug-likeness (QED) is 0.874. The molecule has 2 heterocycles. The Morgan fingerprint density at radius 1 is 1.28 bits per heavy atom. The molecule has 6 nitrogen and oxygen atoms in total. The number of nitrogens with zero attached hydrogens (tertiary/aromatic N) is 3. The van der Waals surface area contributed by atoms with E-state index in [2.05, 4.69) is 5.10 Å². The van der Waals surface area contributed by atoms with Gasteiger partial charge in [-0.15, -0.1) is 0 Å². The number of hydrogen-bond acceptors (Lipinski definition) is 4. The number of amides is 1. The molecule has 0 radical (unpaired) electrons. The van der Waals surface area contributed by atoms with E-state index < -0.39 is 0 Å². The standard InChI is InChI=1S/C19H25N3O3/c1-2-25-18-6-4-3-5-16(18)19(24)21-11-8-15(9-12-21)17-7-10-20-22(17)13-14-23/h3-7,10,15,23H,2,8-9,11-14H2,1H3. The van der Waals surface area contributed by atoms with Gasteiger partial charge >= 0.3 is 0 Å². The van der Waals surface area contributed by atoms with Gasteiger partial charge in [-0.1, -0.05) is 12.1 Å². The van der Waals surface area contributed by atoms with Crippen LogP contribution in [0.4, 0.5) is 0 Å². The van der Waals surface area contributed by atoms with Crippen LogP contribution in [0.15, 0.2) is 36.5 Å². The first-order valence-electron chi connectivity index (χ1n) is 8.88. The Morgan fingerprint density at radius 3 is 2.76 bits per heavy atom. The summed E-state index contributed by atoms with van der Waals surface area (Å²) in [7, 11) is 0. The fourth-order valence-electron chi connectivity index (χ4n) is 3.44. The topological polar surface area (TPSA) is 67.6 Å². The van der Waals surface area contributed by atoms with Crippen molar-refractivity contribution in [3.05, 3.63) is 47.8 Å². The number of benzene rings is 1. The Kier molecular flexibility index (Phi) is 5.71. The zero-order valence-electron chi connectivity index (χ0n) is 14.6. The number of piperidine rings is 1. The number of ether oxygens (including phenoxy) is 1. The Morgan fingerprint density at radius 2 is 2.04 bits per heavy atom. The van der Waals surface area contributed by atoms with Gasteiger partial charge in [-0.25, -0.2) is 0 Å². The van der Waals surface area contributed by atoms with Crippen LogP contribution < -0.4 is 4.74 Å². The van der Waals surface area contributed by atoms with Crippen LogP contribution in [0, 0.1) is 0 Å². The summed E-state index contributed by atoms with van der Waals surface area (Å²) in [4.78, 5) is 14.8. The first kappa shape index (κ1) is 17.5. The van der Waals surface area contributed by atoms with Crippen LogP contribution in [-0.4, -0.2) is 52.0 Å². The molecule has 1 saturated heterocycles. The Balaban J connectivity index is 1.66. The molecule has 1 aromatic heterocycles. The first-order valence-corrected chi connectivity index (χ1v) is 8.88. The number of aliphatic hydroxyl groups excluding tert-OH is 1. The molecule has 6 heteroatoms. The monoisotopic (exact) mass is 343 g/mol. The molecule has 3 rings (SSSR count). The molecule has 0 aliphatic carbocycles. The second-order valence-electron chi connectivity index (χ2n) is 6.20. The number of aliphatic hydroxyl groups is 1. The second kappa shape index (κ2) is 8.16. The lowest BCUT2D eigenvalue weighted by molar-refractivity contribution is 0.0707. The second-order valence-corrected chi connectivity index (χ2v) is 6.20. The van der Waals surface area contributed by atoms with Crippen LogP contribution >= 0.6 is 0 Å². The molecule has 0 unspecified atom stereocenters. The highest BCUT2D eigenvalue weighted by Crippen LogP contribution is 2.29. The SMILES string of the molecule is CCOc1ccccc1C(=O)N1CCC(c2ccnn2CCO)CC1. The van der Waals surface area contributed by atoms with Crippen molar-refractivity contribution in [3.63, 3.8) is 0 Å². The van der Waals surface area contributed by atoms with Crippen molar-refractivity contribution in [2.24, 2.45) is 0 Å². The number of para-hydroxylation sites is 1. The summed E-state index contributed by atoms with van der Waals surface area (Å²) in [5, 5.41) is 13.4. The van der Waals surface area contributed by atoms with Crippen LogP contribution in [-0.2, 0) is 6.54 Å². The molecule has 0 spiro atoms. The van der Waals surface area contributed by atoms with Crippen molar-refractivity contribution in [2.45, 2.75) is 32.2 Å². The third-order valence-electron chi connectivity index (χ3n) is 4.68. The van der Waals surface area contributed by atoms with Crippen molar-refractivity contribution in [1.82, 2.24) is 14.7 Å². The van der Waals surface area contributed by atoms with Gasteiger partial charge in [0.2, 0.25) is 0 Å². The first-order chi connectivity index (χ1) is 12.2. The van der Waals surface area contributed by atoms with Crippen molar-refractivity contribution in [2.75, 3.05) is 26.3 Å². The van der Waals surface area contributed by atoms with E-state index in [-0.39, 0.29) is 12.5 Å². The number of aromatic nitrogens is 2. The summed E-state index contributed by atoms with van der Waals surface area (Å²) in [6.45, 7) is 4.50. The third-order valence-corrected chi connectivity index (χ3v) is 4.68. The van der Waals surface area contributed by atoms with Gasteiger partial charge in [-0.3, -0.25) is 9.48 Å². The lowest BCUT2D eigenvalue weighted by atomic mass is 9.93. The summed E-state index contributed by atoms with van der Waals surface area (Å²) in [6.07, 6.45) is 3.58. The minimum Gasteiger partial charge on any atom is -0.493 e. The molecule has 1 fully saturated rings. The predicted molar refractivity (Wildman–Crippen MR) is 94.8 cm³/mol. The predicted octanol–water partition coefficient (Wildman–Crippen LogP) is 2.29. The molecule has 0 bridgehead atoms. The van der Waals surface area contributed by atoms with E-state index in [0.29, 0.717) is 43.5 Å². The average molecular weight is 343 g/mol. The molecule has 134 valence electrons. The van der Waals surface area contributed by atoms with E-state index in [1.54, 1.807) is 6.20 Å². The van der Waals surface area contributed by atoms with Gasteiger partial charge in [0, 0.05) is 30.9 Å². The molecule has 25 heavy (non-hydrogen) atoms. The highest BCUT2D eigenvalue weighted by atomic mass is 16.5. The molecular formula is C19H25N3O3. The fraction of sp³-hybridized carbons (Fsp3) is 0.474. The van der Waals surface area contributed by atoms with Gasteiger partial charge < -0.3 is 14.7 Å². The normalized spacial score (nSPS) is 15.4. The maximum Gasteiger partial charge on any atom is 0.257 e. The van der Waals surface area contributed by atoms with Gasteiger partial charge in [0.25, 0.3) is 5.91 Å². The van der Waals surface area contributed by atoms with Crippen LogP contribution in [0.2, 0.25) is 0 Å². The summed E-state index contributed by atoms with van der Waals surface area (Å²) < 4.78 is 7.46. The van der Waals surface area contributed by atoms with Crippen molar-refractivity contribution >= 4 is 5.91 Å². The van der Waals surface area contributed by atoms with E-state index in [1.807, 2.05) is 46.8 Å². The molecule has 1 aromatic carbocycles. The minimum absolute atomic E-state index is 0.0337. The van der Waals surface area contributed by atoms with Gasteiger partial charge in [0.05, 0.1) is 25.3 Å². The maximum absolute atomic E-state index is 12.9. The van der Waals surface area contributed by atoms with E-state index in [9.17, 15) is 4.79 Å². The van der Waals surface area contributed by atoms with Crippen molar-refractivity contribution < 1.29 is 14.6 Å². The molecule has 0 saturated carbocycles. The summed E-state index contributed by atoms with van der Waals surface area (Å²) in [5.74, 6) is 1.06. The highest BCUT2D eigenvalue weighted by Gasteiger charge is 2.27. The summed E-state index contributed by atoms with van der Waals surface area (Å²) in [5.41, 5.74) is 1.78. The molecule has 1 amide bonds. The van der Waals surface area contributed by atoms with E-state index in [4.69, 9.17) is 9.84 Å². The van der Waals surface area contributed by atoms with Crippen molar-refractivity contribution in [1.29, 1.82) is 0 Å².